The van der Waals surface area contributed by atoms with Crippen molar-refractivity contribution < 1.29 is 14.3 Å². The molecule has 0 radical (unpaired) electrons. The lowest BCUT2D eigenvalue weighted by atomic mass is 9.84. The zero-order valence-corrected chi connectivity index (χ0v) is 10.9. The van der Waals surface area contributed by atoms with Crippen molar-refractivity contribution in [2.24, 2.45) is 5.92 Å². The van der Waals surface area contributed by atoms with E-state index in [1.807, 2.05) is 20.8 Å². The Morgan fingerprint density at radius 3 is 2.71 bits per heavy atom. The van der Waals surface area contributed by atoms with Crippen LogP contribution in [-0.2, 0) is 9.53 Å². The Hall–Kier alpha value is -1.06. The number of Topliss-reactive ketones (excluding diaryl/α,β-unsaturated/α-hetero) is 1. The molecule has 0 aromatic carbocycles. The molecule has 1 saturated carbocycles. The van der Waals surface area contributed by atoms with E-state index in [0.717, 1.165) is 19.3 Å². The first-order valence-electron chi connectivity index (χ1n) is 6.41. The van der Waals surface area contributed by atoms with Crippen LogP contribution >= 0.6 is 0 Å². The Morgan fingerprint density at radius 2 is 2.06 bits per heavy atom. The molecule has 2 fully saturated rings. The van der Waals surface area contributed by atoms with E-state index in [4.69, 9.17) is 4.74 Å². The first-order valence-corrected chi connectivity index (χ1v) is 6.41. The molecule has 1 aliphatic carbocycles. The van der Waals surface area contributed by atoms with Crippen LogP contribution in [0.1, 0.15) is 46.5 Å². The molecule has 0 N–H and O–H groups in total. The van der Waals surface area contributed by atoms with Gasteiger partial charge in [-0.2, -0.15) is 0 Å². The summed E-state index contributed by atoms with van der Waals surface area (Å²) in [5.41, 5.74) is -0.493. The summed E-state index contributed by atoms with van der Waals surface area (Å²) in [5, 5.41) is 0. The molecule has 4 heteroatoms. The molecule has 1 amide bonds. The topological polar surface area (TPSA) is 46.6 Å². The lowest BCUT2D eigenvalue weighted by Gasteiger charge is -2.31. The number of hydrogen-bond acceptors (Lipinski definition) is 3. The van der Waals surface area contributed by atoms with Crippen molar-refractivity contribution in [2.45, 2.75) is 58.1 Å². The minimum Gasteiger partial charge on any atom is -0.444 e. The van der Waals surface area contributed by atoms with Crippen LogP contribution < -0.4 is 0 Å². The fraction of sp³-hybridized carbons (Fsp3) is 0.846. The Morgan fingerprint density at radius 1 is 1.35 bits per heavy atom. The molecular weight excluding hydrogens is 218 g/mol. The van der Waals surface area contributed by atoms with Gasteiger partial charge in [-0.05, 0) is 46.0 Å². The average Bonchev–Trinajstić information content (AvgIpc) is 2.60. The van der Waals surface area contributed by atoms with Crippen LogP contribution in [0.5, 0.6) is 0 Å². The van der Waals surface area contributed by atoms with Crippen LogP contribution in [0.25, 0.3) is 0 Å². The van der Waals surface area contributed by atoms with E-state index in [2.05, 4.69) is 0 Å². The maximum atomic E-state index is 12.0. The largest absolute Gasteiger partial charge is 0.444 e. The maximum absolute atomic E-state index is 12.0. The van der Waals surface area contributed by atoms with E-state index < -0.39 is 5.60 Å². The zero-order valence-electron chi connectivity index (χ0n) is 10.9. The third-order valence-electron chi connectivity index (χ3n) is 3.48. The highest BCUT2D eigenvalue weighted by molar-refractivity contribution is 5.89. The maximum Gasteiger partial charge on any atom is 0.410 e. The first kappa shape index (κ1) is 12.4. The molecular formula is C13H21NO3. The van der Waals surface area contributed by atoms with Crippen LogP contribution in [0.4, 0.5) is 4.79 Å². The summed E-state index contributed by atoms with van der Waals surface area (Å²) in [6, 6.07) is -0.210. The highest BCUT2D eigenvalue weighted by Gasteiger charge is 2.44. The quantitative estimate of drug-likeness (QED) is 0.652. The van der Waals surface area contributed by atoms with Crippen LogP contribution in [0.15, 0.2) is 0 Å². The summed E-state index contributed by atoms with van der Waals surface area (Å²) in [6.45, 7) is 6.21. The van der Waals surface area contributed by atoms with Gasteiger partial charge in [0.2, 0.25) is 0 Å². The lowest BCUT2D eigenvalue weighted by molar-refractivity contribution is -0.126. The standard InChI is InChI=1S/C13H21NO3/c1-13(2,3)17-12(16)14-8-7-9-5-4-6-10(15)11(9)14/h9,11H,4-8H2,1-3H3. The number of carbonyl (C=O) groups is 2. The van der Waals surface area contributed by atoms with Gasteiger partial charge in [-0.25, -0.2) is 4.79 Å². The van der Waals surface area contributed by atoms with Crippen molar-refractivity contribution in [3.8, 4) is 0 Å². The van der Waals surface area contributed by atoms with Crippen LogP contribution in [0, 0.1) is 5.92 Å². The van der Waals surface area contributed by atoms with Crippen LogP contribution in [0.3, 0.4) is 0 Å². The van der Waals surface area contributed by atoms with Crippen molar-refractivity contribution >= 4 is 11.9 Å². The van der Waals surface area contributed by atoms with E-state index in [1.165, 1.54) is 0 Å². The van der Waals surface area contributed by atoms with Crippen LogP contribution in [-0.4, -0.2) is 35.0 Å². The number of ether oxygens (including phenoxy) is 1. The third kappa shape index (κ3) is 2.61. The van der Waals surface area contributed by atoms with Crippen molar-refractivity contribution in [2.75, 3.05) is 6.54 Å². The molecule has 1 heterocycles. The Balaban J connectivity index is 2.06. The monoisotopic (exact) mass is 239 g/mol. The van der Waals surface area contributed by atoms with Crippen molar-refractivity contribution in [3.05, 3.63) is 0 Å². The van der Waals surface area contributed by atoms with Crippen molar-refractivity contribution in [3.63, 3.8) is 0 Å². The molecule has 0 spiro atoms. The summed E-state index contributed by atoms with van der Waals surface area (Å²) in [6.07, 6.45) is 3.26. The molecule has 0 aromatic rings. The minimum absolute atomic E-state index is 0.210. The smallest absolute Gasteiger partial charge is 0.410 e. The molecule has 1 saturated heterocycles. The van der Waals surface area contributed by atoms with Crippen LogP contribution in [0.2, 0.25) is 0 Å². The number of carbonyl (C=O) groups excluding carboxylic acids is 2. The molecule has 2 unspecified atom stereocenters. The third-order valence-corrected chi connectivity index (χ3v) is 3.48. The fourth-order valence-corrected chi connectivity index (χ4v) is 2.81. The number of amides is 1. The summed E-state index contributed by atoms with van der Waals surface area (Å²) in [7, 11) is 0. The highest BCUT2D eigenvalue weighted by atomic mass is 16.6. The number of rotatable bonds is 0. The van der Waals surface area contributed by atoms with Gasteiger partial charge in [-0.1, -0.05) is 0 Å². The molecule has 4 nitrogen and oxygen atoms in total. The highest BCUT2D eigenvalue weighted by Crippen LogP contribution is 2.34. The number of likely N-dealkylation sites (tertiary alicyclic amines) is 1. The summed E-state index contributed by atoms with van der Waals surface area (Å²) in [5.74, 6) is 0.577. The van der Waals surface area contributed by atoms with E-state index in [-0.39, 0.29) is 17.9 Å². The van der Waals surface area contributed by atoms with E-state index in [9.17, 15) is 9.59 Å². The Labute approximate surface area is 102 Å². The molecule has 1 aliphatic heterocycles. The van der Waals surface area contributed by atoms with Gasteiger partial charge < -0.3 is 4.74 Å². The average molecular weight is 239 g/mol. The summed E-state index contributed by atoms with van der Waals surface area (Å²) in [4.78, 5) is 25.6. The first-order chi connectivity index (χ1) is 7.88. The predicted molar refractivity (Wildman–Crippen MR) is 63.7 cm³/mol. The summed E-state index contributed by atoms with van der Waals surface area (Å²) >= 11 is 0. The lowest BCUT2D eigenvalue weighted by Crippen LogP contribution is -2.46. The van der Waals surface area contributed by atoms with Gasteiger partial charge in [-0.3, -0.25) is 9.69 Å². The Kier molecular flexibility index (Phi) is 3.15. The Bertz CT molecular complexity index is 332. The second-order valence-corrected chi connectivity index (χ2v) is 6.03. The van der Waals surface area contributed by atoms with E-state index in [0.29, 0.717) is 18.9 Å². The van der Waals surface area contributed by atoms with Gasteiger partial charge >= 0.3 is 6.09 Å². The SMILES string of the molecule is CC(C)(C)OC(=O)N1CCC2CCCC(=O)C21. The fourth-order valence-electron chi connectivity index (χ4n) is 2.81. The van der Waals surface area contributed by atoms with Gasteiger partial charge in [0.25, 0.3) is 0 Å². The van der Waals surface area contributed by atoms with Gasteiger partial charge in [0.15, 0.2) is 5.78 Å². The molecule has 2 rings (SSSR count). The second-order valence-electron chi connectivity index (χ2n) is 6.03. The van der Waals surface area contributed by atoms with Crippen molar-refractivity contribution in [1.29, 1.82) is 0 Å². The number of fused-ring (bicyclic) bond motifs is 1. The molecule has 2 aliphatic rings. The van der Waals surface area contributed by atoms with Gasteiger partial charge in [0.1, 0.15) is 5.60 Å². The molecule has 17 heavy (non-hydrogen) atoms. The van der Waals surface area contributed by atoms with Gasteiger partial charge in [0.05, 0.1) is 6.04 Å². The summed E-state index contributed by atoms with van der Waals surface area (Å²) < 4.78 is 5.35. The van der Waals surface area contributed by atoms with Gasteiger partial charge in [0, 0.05) is 13.0 Å². The number of ketones is 1. The normalized spacial score (nSPS) is 29.1. The molecule has 2 atom stereocenters. The molecule has 96 valence electrons. The zero-order chi connectivity index (χ0) is 12.6. The minimum atomic E-state index is -0.493. The van der Waals surface area contributed by atoms with E-state index in [1.54, 1.807) is 4.90 Å². The number of nitrogens with zero attached hydrogens (tertiary/aromatic N) is 1. The molecule has 0 bridgehead atoms. The number of hydrogen-bond donors (Lipinski definition) is 0. The van der Waals surface area contributed by atoms with Crippen molar-refractivity contribution in [1.82, 2.24) is 4.90 Å². The predicted octanol–water partition coefficient (Wildman–Crippen LogP) is 2.37. The second kappa shape index (κ2) is 4.31. The van der Waals surface area contributed by atoms with Gasteiger partial charge in [-0.15, -0.1) is 0 Å². The molecule has 0 aromatic heterocycles. The van der Waals surface area contributed by atoms with E-state index >= 15 is 0 Å².